The minimum absolute atomic E-state index is 0.00165. The molecule has 1 atom stereocenters. The zero-order valence-corrected chi connectivity index (χ0v) is 14.0. The second kappa shape index (κ2) is 7.52. The summed E-state index contributed by atoms with van der Waals surface area (Å²) in [7, 11) is 1.44. The Morgan fingerprint density at radius 2 is 1.81 bits per heavy atom. The summed E-state index contributed by atoms with van der Waals surface area (Å²) in [6.07, 6.45) is 7.42. The van der Waals surface area contributed by atoms with Gasteiger partial charge in [0.15, 0.2) is 0 Å². The monoisotopic (exact) mass is 313 g/mol. The quantitative estimate of drug-likeness (QED) is 0.707. The lowest BCUT2D eigenvalue weighted by Gasteiger charge is -2.25. The van der Waals surface area contributed by atoms with Crippen LogP contribution in [0.2, 0.25) is 0 Å². The topological polar surface area (TPSA) is 46.6 Å². The number of carbonyl (C=O) groups excluding carboxylic acids is 2. The number of nitrogens with zero attached hydrogens (tertiary/aromatic N) is 1. The van der Waals surface area contributed by atoms with Crippen molar-refractivity contribution >= 4 is 23.6 Å². The lowest BCUT2D eigenvalue weighted by Crippen LogP contribution is -2.37. The van der Waals surface area contributed by atoms with Crippen LogP contribution in [-0.2, 0) is 14.3 Å². The first kappa shape index (κ1) is 16.7. The number of hydrogen-bond acceptors (Lipinski definition) is 4. The predicted octanol–water partition coefficient (Wildman–Crippen LogP) is 2.85. The van der Waals surface area contributed by atoms with E-state index in [4.69, 9.17) is 4.74 Å². The number of esters is 1. The van der Waals surface area contributed by atoms with Gasteiger partial charge in [-0.15, -0.1) is 11.8 Å². The molecular formula is C16H27NO3S. The summed E-state index contributed by atoms with van der Waals surface area (Å²) in [5.74, 6) is 1.04. The van der Waals surface area contributed by atoms with E-state index in [1.807, 2.05) is 11.8 Å². The van der Waals surface area contributed by atoms with E-state index in [1.165, 1.54) is 20.0 Å². The Kier molecular flexibility index (Phi) is 5.97. The van der Waals surface area contributed by atoms with Crippen LogP contribution in [0, 0.1) is 5.41 Å². The van der Waals surface area contributed by atoms with Crippen molar-refractivity contribution in [2.45, 2.75) is 57.1 Å². The molecule has 0 aromatic rings. The first-order valence-corrected chi connectivity index (χ1v) is 9.08. The molecule has 1 amide bonds. The van der Waals surface area contributed by atoms with Crippen molar-refractivity contribution < 1.29 is 14.3 Å². The van der Waals surface area contributed by atoms with Gasteiger partial charge in [-0.25, -0.2) is 0 Å². The minimum atomic E-state index is -0.125. The molecule has 1 saturated heterocycles. The number of thioether (sulfide) groups is 1. The molecule has 0 bridgehead atoms. The van der Waals surface area contributed by atoms with Crippen LogP contribution in [0.4, 0.5) is 0 Å². The van der Waals surface area contributed by atoms with Gasteiger partial charge in [-0.3, -0.25) is 9.59 Å². The van der Waals surface area contributed by atoms with Crippen molar-refractivity contribution in [3.05, 3.63) is 0 Å². The summed E-state index contributed by atoms with van der Waals surface area (Å²) in [6.45, 7) is 3.83. The fraction of sp³-hybridized carbons (Fsp3) is 0.875. The normalized spacial score (nSPS) is 22.3. The Morgan fingerprint density at radius 3 is 2.33 bits per heavy atom. The Morgan fingerprint density at radius 1 is 1.19 bits per heavy atom. The third-order valence-electron chi connectivity index (χ3n) is 4.61. The number of ether oxygens (including phenoxy) is 1. The Hall–Kier alpha value is -0.710. The lowest BCUT2D eigenvalue weighted by molar-refractivity contribution is -0.141. The highest BCUT2D eigenvalue weighted by atomic mass is 32.2. The van der Waals surface area contributed by atoms with Gasteiger partial charge in [0.05, 0.1) is 18.8 Å². The van der Waals surface area contributed by atoms with Crippen LogP contribution in [-0.4, -0.2) is 48.0 Å². The molecule has 21 heavy (non-hydrogen) atoms. The number of hydrogen-bond donors (Lipinski definition) is 0. The van der Waals surface area contributed by atoms with Crippen molar-refractivity contribution in [3.63, 3.8) is 0 Å². The van der Waals surface area contributed by atoms with Crippen LogP contribution in [0.15, 0.2) is 0 Å². The van der Waals surface area contributed by atoms with Crippen LogP contribution in [0.1, 0.15) is 51.9 Å². The van der Waals surface area contributed by atoms with Crippen LogP contribution in [0.25, 0.3) is 0 Å². The smallest absolute Gasteiger partial charge is 0.306 e. The number of methoxy groups -OCH3 is 1. The molecule has 1 saturated carbocycles. The second-order valence-electron chi connectivity index (χ2n) is 6.45. The van der Waals surface area contributed by atoms with Crippen LogP contribution < -0.4 is 0 Å². The zero-order valence-electron chi connectivity index (χ0n) is 13.2. The molecule has 1 aliphatic heterocycles. The average molecular weight is 313 g/mol. The molecule has 120 valence electrons. The van der Waals surface area contributed by atoms with E-state index in [-0.39, 0.29) is 22.5 Å². The van der Waals surface area contributed by atoms with Gasteiger partial charge in [-0.1, -0.05) is 12.8 Å². The van der Waals surface area contributed by atoms with E-state index < -0.39 is 0 Å². The Bertz CT molecular complexity index is 374. The lowest BCUT2D eigenvalue weighted by atomic mass is 10.1. The van der Waals surface area contributed by atoms with Gasteiger partial charge in [0.2, 0.25) is 5.91 Å². The van der Waals surface area contributed by atoms with Gasteiger partial charge in [0, 0.05) is 18.8 Å². The molecule has 1 heterocycles. The molecule has 2 fully saturated rings. The highest BCUT2D eigenvalue weighted by Gasteiger charge is 2.45. The maximum Gasteiger partial charge on any atom is 0.306 e. The summed E-state index contributed by atoms with van der Waals surface area (Å²) in [5, 5.41) is -0.00165. The molecule has 5 heteroatoms. The van der Waals surface area contributed by atoms with Crippen LogP contribution >= 0.6 is 11.8 Å². The van der Waals surface area contributed by atoms with E-state index >= 15 is 0 Å². The predicted molar refractivity (Wildman–Crippen MR) is 85.3 cm³/mol. The molecule has 0 aromatic carbocycles. The van der Waals surface area contributed by atoms with E-state index in [9.17, 15) is 9.59 Å². The van der Waals surface area contributed by atoms with Gasteiger partial charge in [0.1, 0.15) is 0 Å². The zero-order chi connectivity index (χ0) is 15.3. The molecular weight excluding hydrogens is 286 g/mol. The average Bonchev–Trinajstić information content (AvgIpc) is 3.28. The molecule has 0 spiro atoms. The highest BCUT2D eigenvalue weighted by molar-refractivity contribution is 8.00. The van der Waals surface area contributed by atoms with Gasteiger partial charge < -0.3 is 9.64 Å². The molecule has 0 radical (unpaired) electrons. The fourth-order valence-corrected chi connectivity index (χ4v) is 4.13. The first-order valence-electron chi connectivity index (χ1n) is 8.03. The summed E-state index contributed by atoms with van der Waals surface area (Å²) >= 11 is 1.71. The van der Waals surface area contributed by atoms with Crippen molar-refractivity contribution in [2.75, 3.05) is 26.0 Å². The maximum atomic E-state index is 12.5. The van der Waals surface area contributed by atoms with Crippen LogP contribution in [0.5, 0.6) is 0 Å². The van der Waals surface area contributed by atoms with E-state index in [0.717, 1.165) is 44.5 Å². The number of likely N-dealkylation sites (tertiary alicyclic amines) is 1. The van der Waals surface area contributed by atoms with Gasteiger partial charge in [-0.2, -0.15) is 0 Å². The number of rotatable bonds is 6. The van der Waals surface area contributed by atoms with Crippen molar-refractivity contribution in [3.8, 4) is 0 Å². The van der Waals surface area contributed by atoms with Gasteiger partial charge in [0.25, 0.3) is 0 Å². The third kappa shape index (κ3) is 4.90. The summed E-state index contributed by atoms with van der Waals surface area (Å²) in [4.78, 5) is 25.9. The summed E-state index contributed by atoms with van der Waals surface area (Å²) in [6, 6.07) is 0. The molecule has 1 aliphatic carbocycles. The molecule has 2 aliphatic rings. The van der Waals surface area contributed by atoms with Crippen LogP contribution in [0.3, 0.4) is 0 Å². The molecule has 0 N–H and O–H groups in total. The van der Waals surface area contributed by atoms with E-state index in [1.54, 1.807) is 11.8 Å². The van der Waals surface area contributed by atoms with Crippen molar-refractivity contribution in [1.29, 1.82) is 0 Å². The first-order chi connectivity index (χ1) is 10.1. The summed E-state index contributed by atoms with van der Waals surface area (Å²) < 4.78 is 4.77. The SMILES string of the molecule is COC(=O)CC1(CSC(C)C(=O)N2CCCCCC2)CC1. The van der Waals surface area contributed by atoms with Crippen molar-refractivity contribution in [1.82, 2.24) is 4.90 Å². The molecule has 1 unspecified atom stereocenters. The van der Waals surface area contributed by atoms with Gasteiger partial charge >= 0.3 is 5.97 Å². The second-order valence-corrected chi connectivity index (χ2v) is 7.77. The Balaban J connectivity index is 1.77. The third-order valence-corrected chi connectivity index (χ3v) is 6.09. The minimum Gasteiger partial charge on any atom is -0.469 e. The van der Waals surface area contributed by atoms with E-state index in [2.05, 4.69) is 0 Å². The maximum absolute atomic E-state index is 12.5. The largest absolute Gasteiger partial charge is 0.469 e. The molecule has 4 nitrogen and oxygen atoms in total. The summed E-state index contributed by atoms with van der Waals surface area (Å²) in [5.41, 5.74) is 0.102. The standard InChI is InChI=1S/C16H27NO3S/c1-13(15(19)17-9-5-3-4-6-10-17)21-12-16(7-8-16)11-14(18)20-2/h13H,3-12H2,1-2H3. The number of amides is 1. The van der Waals surface area contributed by atoms with Gasteiger partial charge in [-0.05, 0) is 38.0 Å². The van der Waals surface area contributed by atoms with E-state index in [0.29, 0.717) is 6.42 Å². The Labute approximate surface area is 132 Å². The fourth-order valence-electron chi connectivity index (χ4n) is 2.85. The molecule has 2 rings (SSSR count). The highest BCUT2D eigenvalue weighted by Crippen LogP contribution is 2.51. The number of carbonyl (C=O) groups is 2. The molecule has 0 aromatic heterocycles. The van der Waals surface area contributed by atoms with Crippen molar-refractivity contribution in [2.24, 2.45) is 5.41 Å².